The first kappa shape index (κ1) is 16.2. The lowest BCUT2D eigenvalue weighted by Gasteiger charge is -2.18. The van der Waals surface area contributed by atoms with Crippen molar-refractivity contribution in [2.24, 2.45) is 11.8 Å². The number of hydrogen-bond donors (Lipinski definition) is 0. The summed E-state index contributed by atoms with van der Waals surface area (Å²) >= 11 is 0. The van der Waals surface area contributed by atoms with E-state index in [9.17, 15) is 17.6 Å². The lowest BCUT2D eigenvalue weighted by Crippen LogP contribution is -2.30. The van der Waals surface area contributed by atoms with Crippen LogP contribution in [0.3, 0.4) is 0 Å². The SMILES string of the molecule is CC(C)C1CCN(C(=O)c2cc(S(=O)(=O)Cl)ccc2F)C1. The molecule has 116 valence electrons. The van der Waals surface area contributed by atoms with E-state index in [1.54, 1.807) is 4.90 Å². The standard InChI is InChI=1S/C14H17ClFNO3S/c1-9(2)10-5-6-17(8-10)14(18)12-7-11(21(15,19)20)3-4-13(12)16/h3-4,7,9-10H,5-6,8H2,1-2H3. The minimum atomic E-state index is -3.99. The number of carbonyl (C=O) groups excluding carboxylic acids is 1. The number of amides is 1. The summed E-state index contributed by atoms with van der Waals surface area (Å²) in [4.78, 5) is 13.7. The van der Waals surface area contributed by atoms with E-state index in [1.807, 2.05) is 0 Å². The number of carbonyl (C=O) groups is 1. The van der Waals surface area contributed by atoms with Gasteiger partial charge in [0.2, 0.25) is 0 Å². The van der Waals surface area contributed by atoms with Crippen molar-refractivity contribution in [3.8, 4) is 0 Å². The molecule has 0 saturated carbocycles. The van der Waals surface area contributed by atoms with Crippen LogP contribution in [0.15, 0.2) is 23.1 Å². The van der Waals surface area contributed by atoms with Crippen LogP contribution in [0.2, 0.25) is 0 Å². The summed E-state index contributed by atoms with van der Waals surface area (Å²) in [6.45, 7) is 5.28. The van der Waals surface area contributed by atoms with Crippen LogP contribution >= 0.6 is 10.7 Å². The topological polar surface area (TPSA) is 54.5 Å². The number of halogens is 2. The maximum Gasteiger partial charge on any atom is 0.261 e. The van der Waals surface area contributed by atoms with Gasteiger partial charge in [0, 0.05) is 23.8 Å². The number of likely N-dealkylation sites (tertiary alicyclic amines) is 1. The Labute approximate surface area is 128 Å². The highest BCUT2D eigenvalue weighted by atomic mass is 35.7. The molecule has 1 aromatic carbocycles. The number of nitrogens with zero attached hydrogens (tertiary/aromatic N) is 1. The minimum absolute atomic E-state index is 0.249. The van der Waals surface area contributed by atoms with Gasteiger partial charge in [0.25, 0.3) is 15.0 Å². The zero-order chi connectivity index (χ0) is 15.8. The van der Waals surface area contributed by atoms with Gasteiger partial charge in [-0.1, -0.05) is 13.8 Å². The highest BCUT2D eigenvalue weighted by molar-refractivity contribution is 8.13. The normalized spacial score (nSPS) is 19.3. The van der Waals surface area contributed by atoms with Gasteiger partial charge in [-0.3, -0.25) is 4.79 Å². The van der Waals surface area contributed by atoms with Crippen molar-refractivity contribution in [3.05, 3.63) is 29.6 Å². The van der Waals surface area contributed by atoms with Crippen LogP contribution in [-0.4, -0.2) is 32.3 Å². The van der Waals surface area contributed by atoms with Crippen LogP contribution in [-0.2, 0) is 9.05 Å². The van der Waals surface area contributed by atoms with E-state index < -0.39 is 20.8 Å². The molecular formula is C14H17ClFNO3S. The van der Waals surface area contributed by atoms with Crippen molar-refractivity contribution in [2.75, 3.05) is 13.1 Å². The molecule has 1 heterocycles. The number of benzene rings is 1. The van der Waals surface area contributed by atoms with E-state index in [1.165, 1.54) is 0 Å². The van der Waals surface area contributed by atoms with Gasteiger partial charge in [0.1, 0.15) is 5.82 Å². The fraction of sp³-hybridized carbons (Fsp3) is 0.500. The van der Waals surface area contributed by atoms with Crippen LogP contribution < -0.4 is 0 Å². The third-order valence-corrected chi connectivity index (χ3v) is 5.26. The molecule has 1 fully saturated rings. The van der Waals surface area contributed by atoms with Crippen LogP contribution in [0.4, 0.5) is 4.39 Å². The van der Waals surface area contributed by atoms with E-state index in [0.29, 0.717) is 24.9 Å². The summed E-state index contributed by atoms with van der Waals surface area (Å²) in [5.74, 6) is -0.394. The van der Waals surface area contributed by atoms with Gasteiger partial charge in [-0.2, -0.15) is 0 Å². The lowest BCUT2D eigenvalue weighted by molar-refractivity contribution is 0.0779. The first-order valence-corrected chi connectivity index (χ1v) is 9.04. The molecule has 0 bridgehead atoms. The molecule has 1 aliphatic heterocycles. The van der Waals surface area contributed by atoms with Gasteiger partial charge >= 0.3 is 0 Å². The Bertz CT molecular complexity index is 660. The lowest BCUT2D eigenvalue weighted by atomic mass is 9.95. The minimum Gasteiger partial charge on any atom is -0.338 e. The summed E-state index contributed by atoms with van der Waals surface area (Å²) in [6, 6.07) is 3.01. The predicted molar refractivity (Wildman–Crippen MR) is 78.3 cm³/mol. The maximum absolute atomic E-state index is 13.8. The molecule has 0 aromatic heterocycles. The quantitative estimate of drug-likeness (QED) is 0.799. The summed E-state index contributed by atoms with van der Waals surface area (Å²) in [5, 5.41) is 0. The van der Waals surface area contributed by atoms with E-state index in [0.717, 1.165) is 24.6 Å². The van der Waals surface area contributed by atoms with Gasteiger partial charge in [0.15, 0.2) is 0 Å². The Balaban J connectivity index is 2.28. The van der Waals surface area contributed by atoms with Crippen LogP contribution in [0.25, 0.3) is 0 Å². The van der Waals surface area contributed by atoms with E-state index >= 15 is 0 Å². The third-order valence-electron chi connectivity index (χ3n) is 3.90. The van der Waals surface area contributed by atoms with Gasteiger partial charge in [-0.25, -0.2) is 12.8 Å². The molecule has 2 rings (SSSR count). The molecule has 0 radical (unpaired) electrons. The number of hydrogen-bond acceptors (Lipinski definition) is 3. The highest BCUT2D eigenvalue weighted by Crippen LogP contribution is 2.26. The zero-order valence-corrected chi connectivity index (χ0v) is 13.4. The summed E-state index contributed by atoms with van der Waals surface area (Å²) in [6.07, 6.45) is 0.874. The Morgan fingerprint density at radius 2 is 2.10 bits per heavy atom. The van der Waals surface area contributed by atoms with Crippen LogP contribution in [0, 0.1) is 17.7 Å². The maximum atomic E-state index is 13.8. The highest BCUT2D eigenvalue weighted by Gasteiger charge is 2.30. The monoisotopic (exact) mass is 333 g/mol. The molecule has 1 aromatic rings. The Morgan fingerprint density at radius 3 is 2.62 bits per heavy atom. The first-order valence-electron chi connectivity index (χ1n) is 6.73. The van der Waals surface area contributed by atoms with Gasteiger partial charge in [0.05, 0.1) is 10.5 Å². The largest absolute Gasteiger partial charge is 0.338 e. The van der Waals surface area contributed by atoms with Crippen LogP contribution in [0.1, 0.15) is 30.6 Å². The Morgan fingerprint density at radius 1 is 1.43 bits per heavy atom. The average molecular weight is 334 g/mol. The second kappa shape index (κ2) is 5.93. The molecular weight excluding hydrogens is 317 g/mol. The van der Waals surface area contributed by atoms with Gasteiger partial charge < -0.3 is 4.90 Å². The van der Waals surface area contributed by atoms with Crippen molar-refractivity contribution in [2.45, 2.75) is 25.2 Å². The average Bonchev–Trinajstić information content (AvgIpc) is 2.86. The second-order valence-corrected chi connectivity index (χ2v) is 8.19. The number of rotatable bonds is 3. The first-order chi connectivity index (χ1) is 9.70. The van der Waals surface area contributed by atoms with E-state index in [2.05, 4.69) is 13.8 Å². The molecule has 0 spiro atoms. The molecule has 1 amide bonds. The second-order valence-electron chi connectivity index (χ2n) is 5.62. The third kappa shape index (κ3) is 3.55. The molecule has 1 unspecified atom stereocenters. The summed E-state index contributed by atoms with van der Waals surface area (Å²) in [5.41, 5.74) is -0.249. The molecule has 1 saturated heterocycles. The molecule has 7 heteroatoms. The fourth-order valence-corrected chi connectivity index (χ4v) is 3.28. The van der Waals surface area contributed by atoms with Gasteiger partial charge in [-0.15, -0.1) is 0 Å². The van der Waals surface area contributed by atoms with E-state index in [4.69, 9.17) is 10.7 Å². The molecule has 1 atom stereocenters. The Hall–Kier alpha value is -1.14. The fourth-order valence-electron chi connectivity index (χ4n) is 2.51. The zero-order valence-electron chi connectivity index (χ0n) is 11.8. The predicted octanol–water partition coefficient (Wildman–Crippen LogP) is 2.87. The Kier molecular flexibility index (Phi) is 4.58. The van der Waals surface area contributed by atoms with Crippen molar-refractivity contribution in [1.29, 1.82) is 0 Å². The summed E-state index contributed by atoms with van der Waals surface area (Å²) in [7, 11) is 1.25. The molecule has 1 aliphatic rings. The van der Waals surface area contributed by atoms with Crippen molar-refractivity contribution in [3.63, 3.8) is 0 Å². The van der Waals surface area contributed by atoms with Crippen molar-refractivity contribution < 1.29 is 17.6 Å². The van der Waals surface area contributed by atoms with E-state index in [-0.39, 0.29) is 10.5 Å². The van der Waals surface area contributed by atoms with Gasteiger partial charge in [-0.05, 0) is 36.5 Å². The molecule has 21 heavy (non-hydrogen) atoms. The molecule has 0 N–H and O–H groups in total. The summed E-state index contributed by atoms with van der Waals surface area (Å²) < 4.78 is 36.4. The smallest absolute Gasteiger partial charge is 0.261 e. The molecule has 4 nitrogen and oxygen atoms in total. The van der Waals surface area contributed by atoms with Crippen LogP contribution in [0.5, 0.6) is 0 Å². The van der Waals surface area contributed by atoms with Crippen molar-refractivity contribution >= 4 is 25.6 Å². The molecule has 0 aliphatic carbocycles. The van der Waals surface area contributed by atoms with Crippen molar-refractivity contribution in [1.82, 2.24) is 4.90 Å².